The van der Waals surface area contributed by atoms with Crippen LogP contribution in [0.25, 0.3) is 0 Å². The van der Waals surface area contributed by atoms with Crippen LogP contribution in [0, 0.1) is 36.0 Å². The van der Waals surface area contributed by atoms with E-state index in [1.54, 1.807) is 14.0 Å². The van der Waals surface area contributed by atoms with Gasteiger partial charge in [-0.3, -0.25) is 9.79 Å². The molecule has 2 bridgehead atoms. The molecule has 0 aliphatic carbocycles. The van der Waals surface area contributed by atoms with Gasteiger partial charge in [0.1, 0.15) is 12.2 Å². The van der Waals surface area contributed by atoms with Gasteiger partial charge in [-0.15, -0.1) is 12.3 Å². The van der Waals surface area contributed by atoms with Crippen molar-refractivity contribution < 1.29 is 28.8 Å². The van der Waals surface area contributed by atoms with Gasteiger partial charge in [-0.1, -0.05) is 27.7 Å². The van der Waals surface area contributed by atoms with Gasteiger partial charge in [-0.2, -0.15) is 0 Å². The summed E-state index contributed by atoms with van der Waals surface area (Å²) in [6, 6.07) is -0.0199. The maximum absolute atomic E-state index is 13.2. The minimum Gasteiger partial charge on any atom is -0.462 e. The summed E-state index contributed by atoms with van der Waals surface area (Å²) in [5, 5.41) is 14.9. The minimum absolute atomic E-state index is 0.0379. The van der Waals surface area contributed by atoms with Gasteiger partial charge in [0, 0.05) is 56.8 Å². The van der Waals surface area contributed by atoms with Crippen LogP contribution in [-0.4, -0.2) is 104 Å². The lowest BCUT2D eigenvalue weighted by Crippen LogP contribution is -2.58. The van der Waals surface area contributed by atoms with E-state index in [2.05, 4.69) is 57.8 Å². The van der Waals surface area contributed by atoms with E-state index in [1.807, 2.05) is 6.92 Å². The number of carbonyl (C=O) groups excluding carboxylic acids is 1. The Hall–Kier alpha value is -1.54. The number of ether oxygens (including phenoxy) is 4. The maximum Gasteiger partial charge on any atom is 0.308 e. The average Bonchev–Trinajstić information content (AvgIpc) is 3.14. The molecule has 2 saturated heterocycles. The zero-order chi connectivity index (χ0) is 31.2. The predicted molar refractivity (Wildman–Crippen MR) is 165 cm³/mol. The molecule has 0 spiro atoms. The molecule has 6 unspecified atom stereocenters. The van der Waals surface area contributed by atoms with Crippen LogP contribution in [-0.2, 0) is 23.7 Å². The number of terminal acetylenes is 1. The molecule has 2 N–H and O–H groups in total. The Labute approximate surface area is 254 Å². The molecule has 3 heterocycles. The molecule has 3 rings (SSSR count). The standard InChI is InChI=1S/C33H57N3O6/c1-11-12-15-36(9)26-17-24(5)41-27(18-26)42-30-21(2)16-22(3)31(37)40-20-32(7,38)29-25(6)28(34-13-14-35-29)23(4)19-33(30,8)39-10/h1,21-27,29-30,35,38H,12-20H2,2-10H3/t21-,22?,23+,24?,25?,26?,27?,29?,30+,32+,33+/m0/s1. The lowest BCUT2D eigenvalue weighted by atomic mass is 9.74. The van der Waals surface area contributed by atoms with Gasteiger partial charge in [0.15, 0.2) is 6.29 Å². The van der Waals surface area contributed by atoms with E-state index in [0.29, 0.717) is 38.4 Å². The summed E-state index contributed by atoms with van der Waals surface area (Å²) >= 11 is 0. The lowest BCUT2D eigenvalue weighted by molar-refractivity contribution is -0.265. The predicted octanol–water partition coefficient (Wildman–Crippen LogP) is 3.67. The molecule has 9 nitrogen and oxygen atoms in total. The number of nitrogens with one attached hydrogen (secondary N) is 1. The monoisotopic (exact) mass is 591 g/mol. The van der Waals surface area contributed by atoms with Gasteiger partial charge in [0.2, 0.25) is 0 Å². The van der Waals surface area contributed by atoms with Gasteiger partial charge in [0.05, 0.1) is 30.3 Å². The molecule has 0 aromatic heterocycles. The Kier molecular flexibility index (Phi) is 12.4. The zero-order valence-corrected chi connectivity index (χ0v) is 27.5. The molecule has 9 heteroatoms. The molecule has 3 aliphatic heterocycles. The topological polar surface area (TPSA) is 102 Å². The number of hydrogen-bond acceptors (Lipinski definition) is 9. The second-order valence-electron chi connectivity index (χ2n) is 13.7. The summed E-state index contributed by atoms with van der Waals surface area (Å²) < 4.78 is 25.4. The van der Waals surface area contributed by atoms with Crippen LogP contribution in [0.4, 0.5) is 0 Å². The van der Waals surface area contributed by atoms with Crippen molar-refractivity contribution in [2.24, 2.45) is 28.7 Å². The minimum atomic E-state index is -1.25. The van der Waals surface area contributed by atoms with Crippen LogP contribution in [0.1, 0.15) is 80.6 Å². The highest BCUT2D eigenvalue weighted by Crippen LogP contribution is 2.38. The molecule has 240 valence electrons. The Morgan fingerprint density at radius 1 is 1.17 bits per heavy atom. The van der Waals surface area contributed by atoms with Crippen LogP contribution < -0.4 is 5.32 Å². The first-order valence-corrected chi connectivity index (χ1v) is 15.9. The van der Waals surface area contributed by atoms with E-state index in [4.69, 9.17) is 30.4 Å². The number of rotatable bonds is 6. The smallest absolute Gasteiger partial charge is 0.308 e. The average molecular weight is 592 g/mol. The number of carbonyl (C=O) groups is 1. The van der Waals surface area contributed by atoms with Crippen LogP contribution in [0.2, 0.25) is 0 Å². The molecular formula is C33H57N3O6. The molecular weight excluding hydrogens is 534 g/mol. The fourth-order valence-electron chi connectivity index (χ4n) is 7.50. The normalized spacial score (nSPS) is 42.6. The van der Waals surface area contributed by atoms with Crippen molar-refractivity contribution in [2.75, 3.05) is 40.4 Å². The fraction of sp³-hybridized carbons (Fsp3) is 0.879. The number of aliphatic hydroxyl groups is 1. The summed E-state index contributed by atoms with van der Waals surface area (Å²) in [5.74, 6) is 1.99. The second kappa shape index (κ2) is 15.0. The van der Waals surface area contributed by atoms with E-state index < -0.39 is 17.5 Å². The van der Waals surface area contributed by atoms with Gasteiger partial charge in [0.25, 0.3) is 0 Å². The van der Waals surface area contributed by atoms with Crippen LogP contribution in [0.3, 0.4) is 0 Å². The molecule has 0 amide bonds. The first-order valence-electron chi connectivity index (χ1n) is 15.9. The van der Waals surface area contributed by atoms with Crippen molar-refractivity contribution in [1.29, 1.82) is 0 Å². The lowest BCUT2D eigenvalue weighted by Gasteiger charge is -2.46. The summed E-state index contributed by atoms with van der Waals surface area (Å²) in [4.78, 5) is 20.5. The number of aliphatic imine (C=N–C) groups is 1. The molecule has 11 atom stereocenters. The third-order valence-electron chi connectivity index (χ3n) is 9.83. The Morgan fingerprint density at radius 2 is 1.88 bits per heavy atom. The summed E-state index contributed by atoms with van der Waals surface area (Å²) in [6.07, 6.45) is 8.37. The van der Waals surface area contributed by atoms with Gasteiger partial charge >= 0.3 is 5.97 Å². The van der Waals surface area contributed by atoms with Gasteiger partial charge in [-0.25, -0.2) is 0 Å². The highest BCUT2D eigenvalue weighted by molar-refractivity contribution is 5.89. The van der Waals surface area contributed by atoms with Crippen LogP contribution in [0.15, 0.2) is 4.99 Å². The van der Waals surface area contributed by atoms with E-state index in [1.165, 1.54) is 0 Å². The summed E-state index contributed by atoms with van der Waals surface area (Å²) in [5.41, 5.74) is -0.902. The molecule has 42 heavy (non-hydrogen) atoms. The van der Waals surface area contributed by atoms with Crippen LogP contribution in [0.5, 0.6) is 0 Å². The fourth-order valence-corrected chi connectivity index (χ4v) is 7.50. The van der Waals surface area contributed by atoms with Gasteiger partial charge < -0.3 is 34.3 Å². The van der Waals surface area contributed by atoms with E-state index in [-0.39, 0.29) is 54.5 Å². The van der Waals surface area contributed by atoms with E-state index in [0.717, 1.165) is 25.1 Å². The largest absolute Gasteiger partial charge is 0.462 e. The third-order valence-corrected chi connectivity index (χ3v) is 9.83. The first kappa shape index (κ1) is 34.9. The summed E-state index contributed by atoms with van der Waals surface area (Å²) in [7, 11) is 3.86. The van der Waals surface area contributed by atoms with Gasteiger partial charge in [-0.05, 0) is 58.9 Å². The van der Waals surface area contributed by atoms with Crippen molar-refractivity contribution in [3.8, 4) is 12.3 Å². The van der Waals surface area contributed by atoms with Crippen molar-refractivity contribution in [1.82, 2.24) is 10.2 Å². The molecule has 0 saturated carbocycles. The van der Waals surface area contributed by atoms with Crippen molar-refractivity contribution in [3.05, 3.63) is 0 Å². The SMILES string of the molecule is C#CCCN(C)C1CC(C)OC(O[C@@H]2[C@@H](C)CC(C)C(=O)OC[C@@](C)(O)C3NCCN=C(C3C)[C@H](C)C[C@@]2(C)OC)C1. The molecule has 2 fully saturated rings. The van der Waals surface area contributed by atoms with E-state index in [9.17, 15) is 9.90 Å². The highest BCUT2D eigenvalue weighted by Gasteiger charge is 2.47. The van der Waals surface area contributed by atoms with Crippen molar-refractivity contribution in [3.63, 3.8) is 0 Å². The van der Waals surface area contributed by atoms with E-state index >= 15 is 0 Å². The Balaban J connectivity index is 1.95. The summed E-state index contributed by atoms with van der Waals surface area (Å²) in [6.45, 7) is 16.2. The Bertz CT molecular complexity index is 966. The number of cyclic esters (lactones) is 1. The van der Waals surface area contributed by atoms with Crippen LogP contribution >= 0.6 is 0 Å². The molecule has 0 aromatic carbocycles. The second-order valence-corrected chi connectivity index (χ2v) is 13.7. The first-order chi connectivity index (χ1) is 19.7. The number of fused-ring (bicyclic) bond motifs is 2. The van der Waals surface area contributed by atoms with Crippen molar-refractivity contribution in [2.45, 2.75) is 122 Å². The molecule has 0 aromatic rings. The highest BCUT2D eigenvalue weighted by atomic mass is 16.7. The van der Waals surface area contributed by atoms with Crippen molar-refractivity contribution >= 4 is 11.7 Å². The zero-order valence-electron chi connectivity index (χ0n) is 27.5. The number of methoxy groups -OCH3 is 1. The molecule has 3 aliphatic rings. The molecule has 0 radical (unpaired) electrons. The maximum atomic E-state index is 13.2. The number of esters is 1. The number of nitrogens with zero attached hydrogens (tertiary/aromatic N) is 2. The Morgan fingerprint density at radius 3 is 2.55 bits per heavy atom. The number of hydrogen-bond donors (Lipinski definition) is 2. The quantitative estimate of drug-likeness (QED) is 0.357. The third kappa shape index (κ3) is 8.55.